The van der Waals surface area contributed by atoms with Crippen LogP contribution in [0.25, 0.3) is 0 Å². The number of ketones is 2. The highest BCUT2D eigenvalue weighted by Crippen LogP contribution is 2.64. The topological polar surface area (TPSA) is 34.1 Å². The van der Waals surface area contributed by atoms with Gasteiger partial charge in [0.05, 0.1) is 0 Å². The lowest BCUT2D eigenvalue weighted by Gasteiger charge is -2.55. The Morgan fingerprint density at radius 3 is 2.64 bits per heavy atom. The Morgan fingerprint density at radius 2 is 1.86 bits per heavy atom. The summed E-state index contributed by atoms with van der Waals surface area (Å²) in [6.07, 6.45) is 10.4. The monoisotopic (exact) mass is 306 g/mol. The molecule has 0 aliphatic heterocycles. The summed E-state index contributed by atoms with van der Waals surface area (Å²) in [7, 11) is 0. The maximum atomic E-state index is 12.1. The molecule has 4 fully saturated rings. The van der Waals surface area contributed by atoms with Crippen molar-refractivity contribution >= 4 is 11.6 Å². The fourth-order valence-corrected chi connectivity index (χ4v) is 7.33. The number of hydrogen-bond donors (Lipinski definition) is 0. The van der Waals surface area contributed by atoms with Crippen LogP contribution in [0.4, 0.5) is 0 Å². The average Bonchev–Trinajstić information content (AvgIpc) is 2.84. The molecule has 7 atom stereocenters. The molecule has 0 radical (unpaired) electrons. The molecule has 0 bridgehead atoms. The molecule has 0 amide bonds. The summed E-state index contributed by atoms with van der Waals surface area (Å²) < 4.78 is 0. The number of carbonyl (C=O) groups is 2. The minimum absolute atomic E-state index is 0. The fourth-order valence-electron chi connectivity index (χ4n) is 7.33. The Labute approximate surface area is 137 Å². The zero-order chi connectivity index (χ0) is 15.5. The Bertz CT molecular complexity index is 506. The predicted octanol–water partition coefficient (Wildman–Crippen LogP) is 4.91. The van der Waals surface area contributed by atoms with Gasteiger partial charge in [-0.15, -0.1) is 0 Å². The summed E-state index contributed by atoms with van der Waals surface area (Å²) in [5.41, 5.74) is 0.282. The van der Waals surface area contributed by atoms with Crippen LogP contribution >= 0.6 is 0 Å². The largest absolute Gasteiger partial charge is 0.300 e. The van der Waals surface area contributed by atoms with Gasteiger partial charge in [0.15, 0.2) is 0 Å². The summed E-state index contributed by atoms with van der Waals surface area (Å²) in [6.45, 7) is 4.23. The van der Waals surface area contributed by atoms with Crippen LogP contribution in [0, 0.1) is 40.9 Å². The normalized spacial score (nSPS) is 50.9. The zero-order valence-corrected chi connectivity index (χ0v) is 14.1. The summed E-state index contributed by atoms with van der Waals surface area (Å²) in [5, 5.41) is 0. The lowest BCUT2D eigenvalue weighted by atomic mass is 9.49. The van der Waals surface area contributed by atoms with E-state index in [1.807, 2.05) is 6.92 Å². The summed E-state index contributed by atoms with van der Waals surface area (Å²) >= 11 is 0. The van der Waals surface area contributed by atoms with Crippen molar-refractivity contribution in [2.24, 2.45) is 40.9 Å². The maximum absolute atomic E-state index is 12.1. The van der Waals surface area contributed by atoms with Gasteiger partial charge in [0.25, 0.3) is 0 Å². The third kappa shape index (κ3) is 2.05. The first-order chi connectivity index (χ1) is 10.5. The molecule has 4 rings (SSSR count). The highest BCUT2D eigenvalue weighted by atomic mass is 16.1. The molecule has 0 aromatic heterocycles. The number of fused-ring (bicyclic) bond motifs is 5. The second kappa shape index (κ2) is 5.18. The van der Waals surface area contributed by atoms with Crippen molar-refractivity contribution in [3.05, 3.63) is 0 Å². The predicted molar refractivity (Wildman–Crippen MR) is 90.5 cm³/mol. The molecule has 0 saturated heterocycles. The molecule has 0 heterocycles. The smallest absolute Gasteiger partial charge is 0.133 e. The SMILES string of the molecule is CC(=O)[C@H]1CCC2[C@@H]3CC[C@@H]4CC(=O)CC[C@@H]4C3CC[C@@]21C.[HH].[HH]. The van der Waals surface area contributed by atoms with Crippen molar-refractivity contribution in [2.75, 3.05) is 0 Å². The zero-order valence-electron chi connectivity index (χ0n) is 14.1. The van der Waals surface area contributed by atoms with Crippen LogP contribution in [0.1, 0.15) is 74.5 Å². The van der Waals surface area contributed by atoms with E-state index in [9.17, 15) is 9.59 Å². The van der Waals surface area contributed by atoms with Crippen LogP contribution in [0.5, 0.6) is 0 Å². The standard InChI is InChI=1S/C20H30O2.2H2/c1-12(21)18-7-8-19-17-5-3-13-11-14(22)4-6-15(13)16(17)9-10-20(18,19)2;;/h13,15-19H,3-11H2,1-2H3;2*1H/t13-,15+,16?,17-,18-,19?,20-;;/m1../s1. The van der Waals surface area contributed by atoms with E-state index in [0.29, 0.717) is 23.4 Å². The van der Waals surface area contributed by atoms with Gasteiger partial charge in [0, 0.05) is 21.6 Å². The Hall–Kier alpha value is -0.660. The maximum Gasteiger partial charge on any atom is 0.133 e. The second-order valence-corrected chi connectivity index (χ2v) is 9.00. The molecule has 2 heteroatoms. The van der Waals surface area contributed by atoms with Crippen molar-refractivity contribution in [1.29, 1.82) is 0 Å². The van der Waals surface area contributed by atoms with Crippen molar-refractivity contribution in [1.82, 2.24) is 0 Å². The lowest BCUT2D eigenvalue weighted by molar-refractivity contribution is -0.132. The summed E-state index contributed by atoms with van der Waals surface area (Å²) in [6, 6.07) is 0. The number of carbonyl (C=O) groups excluding carboxylic acids is 2. The van der Waals surface area contributed by atoms with E-state index in [1.165, 1.54) is 32.1 Å². The van der Waals surface area contributed by atoms with Gasteiger partial charge in [-0.25, -0.2) is 0 Å². The van der Waals surface area contributed by atoms with Crippen molar-refractivity contribution in [3.8, 4) is 0 Å². The van der Waals surface area contributed by atoms with Gasteiger partial charge in [0.1, 0.15) is 11.6 Å². The van der Waals surface area contributed by atoms with Crippen LogP contribution in [0.15, 0.2) is 0 Å². The van der Waals surface area contributed by atoms with E-state index in [-0.39, 0.29) is 8.27 Å². The molecule has 4 aliphatic rings. The summed E-state index contributed by atoms with van der Waals surface area (Å²) in [5.74, 6) is 5.25. The Kier molecular flexibility index (Phi) is 3.51. The Balaban J connectivity index is 0.00000104. The molecule has 22 heavy (non-hydrogen) atoms. The second-order valence-electron chi connectivity index (χ2n) is 9.00. The van der Waals surface area contributed by atoms with Crippen LogP contribution in [-0.2, 0) is 9.59 Å². The van der Waals surface area contributed by atoms with Gasteiger partial charge in [-0.3, -0.25) is 9.59 Å². The van der Waals surface area contributed by atoms with E-state index in [0.717, 1.165) is 49.4 Å². The molecule has 2 unspecified atom stereocenters. The third-order valence-corrected chi connectivity index (χ3v) is 8.26. The molecular weight excluding hydrogens is 272 g/mol. The molecular formula is C20H34O2. The van der Waals surface area contributed by atoms with Crippen molar-refractivity contribution in [3.63, 3.8) is 0 Å². The molecule has 126 valence electrons. The van der Waals surface area contributed by atoms with Gasteiger partial charge < -0.3 is 0 Å². The molecule has 2 nitrogen and oxygen atoms in total. The molecule has 0 N–H and O–H groups in total. The first-order valence-corrected chi connectivity index (χ1v) is 9.53. The number of hydrogen-bond acceptors (Lipinski definition) is 2. The molecule has 0 aromatic carbocycles. The van der Waals surface area contributed by atoms with E-state index < -0.39 is 0 Å². The highest BCUT2D eigenvalue weighted by Gasteiger charge is 2.57. The van der Waals surface area contributed by atoms with Gasteiger partial charge >= 0.3 is 0 Å². The van der Waals surface area contributed by atoms with Crippen LogP contribution in [-0.4, -0.2) is 11.6 Å². The van der Waals surface area contributed by atoms with Gasteiger partial charge in [-0.2, -0.15) is 0 Å². The van der Waals surface area contributed by atoms with Gasteiger partial charge in [0.2, 0.25) is 0 Å². The van der Waals surface area contributed by atoms with Gasteiger partial charge in [-0.05, 0) is 86.9 Å². The van der Waals surface area contributed by atoms with E-state index in [4.69, 9.17) is 0 Å². The summed E-state index contributed by atoms with van der Waals surface area (Å²) in [4.78, 5) is 23.9. The lowest BCUT2D eigenvalue weighted by Crippen LogP contribution is -2.49. The van der Waals surface area contributed by atoms with Crippen LogP contribution in [0.2, 0.25) is 0 Å². The van der Waals surface area contributed by atoms with Crippen LogP contribution < -0.4 is 0 Å². The van der Waals surface area contributed by atoms with E-state index >= 15 is 0 Å². The minimum Gasteiger partial charge on any atom is -0.300 e. The van der Waals surface area contributed by atoms with E-state index in [2.05, 4.69) is 6.92 Å². The first kappa shape index (κ1) is 14.9. The van der Waals surface area contributed by atoms with Gasteiger partial charge in [-0.1, -0.05) is 6.92 Å². The molecule has 0 spiro atoms. The molecule has 4 saturated carbocycles. The average molecular weight is 306 g/mol. The number of rotatable bonds is 1. The van der Waals surface area contributed by atoms with Crippen LogP contribution in [0.3, 0.4) is 0 Å². The fraction of sp³-hybridized carbons (Fsp3) is 0.900. The Morgan fingerprint density at radius 1 is 1.05 bits per heavy atom. The molecule has 4 aliphatic carbocycles. The third-order valence-electron chi connectivity index (χ3n) is 8.26. The minimum atomic E-state index is 0. The van der Waals surface area contributed by atoms with E-state index in [1.54, 1.807) is 0 Å². The number of Topliss-reactive ketones (excluding diaryl/α,β-unsaturated/α-hetero) is 2. The quantitative estimate of drug-likeness (QED) is 0.690. The van der Waals surface area contributed by atoms with Crippen molar-refractivity contribution < 1.29 is 12.4 Å². The molecule has 0 aromatic rings. The highest BCUT2D eigenvalue weighted by molar-refractivity contribution is 5.80. The first-order valence-electron chi connectivity index (χ1n) is 9.53. The van der Waals surface area contributed by atoms with Crippen molar-refractivity contribution in [2.45, 2.75) is 71.6 Å².